The minimum absolute atomic E-state index is 0.607. The average Bonchev–Trinajstić information content (AvgIpc) is 2.78. The zero-order valence-corrected chi connectivity index (χ0v) is 17.8. The highest BCUT2D eigenvalue weighted by Crippen LogP contribution is 2.17. The Hall–Kier alpha value is -2.76. The Kier molecular flexibility index (Phi) is 6.39. The van der Waals surface area contributed by atoms with Crippen LogP contribution in [0.4, 0.5) is 0 Å². The molecule has 28 heavy (non-hydrogen) atoms. The van der Waals surface area contributed by atoms with Crippen molar-refractivity contribution in [2.45, 2.75) is 6.92 Å². The Bertz CT molecular complexity index is 758. The van der Waals surface area contributed by atoms with E-state index in [1.165, 1.54) is 0 Å². The van der Waals surface area contributed by atoms with E-state index in [0.29, 0.717) is 6.61 Å². The summed E-state index contributed by atoms with van der Waals surface area (Å²) in [4.78, 5) is 0. The van der Waals surface area contributed by atoms with E-state index in [9.17, 15) is 0 Å². The number of ether oxygens (including phenoxy) is 3. The number of benzene rings is 3. The normalized spacial score (nSPS) is 11.1. The lowest BCUT2D eigenvalue weighted by atomic mass is 10.3. The molecule has 0 saturated carbocycles. The van der Waals surface area contributed by atoms with Gasteiger partial charge in [0.15, 0.2) is 0 Å². The van der Waals surface area contributed by atoms with E-state index in [0.717, 1.165) is 32.8 Å². The second-order valence-corrected chi connectivity index (χ2v) is 9.68. The molecule has 0 fully saturated rings. The zero-order chi connectivity index (χ0) is 20.0. The maximum absolute atomic E-state index is 6.62. The molecular formula is C23H26O4Si. The van der Waals surface area contributed by atoms with Crippen LogP contribution in [0.2, 0.25) is 0 Å². The van der Waals surface area contributed by atoms with E-state index in [4.69, 9.17) is 18.6 Å². The molecule has 0 spiro atoms. The van der Waals surface area contributed by atoms with Crippen molar-refractivity contribution in [1.82, 2.24) is 0 Å². The Morgan fingerprint density at radius 1 is 0.536 bits per heavy atom. The van der Waals surface area contributed by atoms with Gasteiger partial charge in [0.25, 0.3) is 8.32 Å². The van der Waals surface area contributed by atoms with Gasteiger partial charge < -0.3 is 18.6 Å². The minimum Gasteiger partial charge on any atom is -0.497 e. The first-order chi connectivity index (χ1) is 13.7. The molecule has 3 aromatic carbocycles. The molecule has 0 radical (unpaired) electrons. The summed E-state index contributed by atoms with van der Waals surface area (Å²) in [6.45, 7) is 2.65. The molecule has 0 saturated heterocycles. The van der Waals surface area contributed by atoms with Gasteiger partial charge in [0.1, 0.15) is 17.2 Å². The Balaban J connectivity index is 2.23. The van der Waals surface area contributed by atoms with Gasteiger partial charge in [-0.25, -0.2) is 0 Å². The number of methoxy groups -OCH3 is 3. The van der Waals surface area contributed by atoms with Gasteiger partial charge in [-0.15, -0.1) is 0 Å². The standard InChI is InChI=1S/C23H26O4Si/c1-5-27-28(21-12-6-18(24-2)7-13-21,22-14-8-19(25-3)9-15-22)23-16-10-20(26-4)11-17-23/h6-17H,5H2,1-4H3. The topological polar surface area (TPSA) is 36.9 Å². The van der Waals surface area contributed by atoms with Crippen LogP contribution in [0, 0.1) is 0 Å². The molecule has 0 heterocycles. The maximum Gasteiger partial charge on any atom is 0.288 e. The second kappa shape index (κ2) is 8.95. The largest absolute Gasteiger partial charge is 0.497 e. The van der Waals surface area contributed by atoms with Crippen LogP contribution in [0.15, 0.2) is 72.8 Å². The summed E-state index contributed by atoms with van der Waals surface area (Å²) in [5, 5.41) is 3.47. The molecule has 0 aromatic heterocycles. The van der Waals surface area contributed by atoms with E-state index >= 15 is 0 Å². The highest BCUT2D eigenvalue weighted by Gasteiger charge is 2.41. The van der Waals surface area contributed by atoms with Crippen molar-refractivity contribution in [1.29, 1.82) is 0 Å². The second-order valence-electron chi connectivity index (χ2n) is 6.30. The predicted octanol–water partition coefficient (Wildman–Crippen LogP) is 2.72. The molecular weight excluding hydrogens is 368 g/mol. The lowest BCUT2D eigenvalue weighted by Crippen LogP contribution is -2.69. The molecule has 0 aliphatic rings. The summed E-state index contributed by atoms with van der Waals surface area (Å²) in [6.07, 6.45) is 0. The first-order valence-corrected chi connectivity index (χ1v) is 11.2. The third kappa shape index (κ3) is 3.77. The lowest BCUT2D eigenvalue weighted by Gasteiger charge is -2.33. The van der Waals surface area contributed by atoms with E-state index in [1.54, 1.807) is 21.3 Å². The third-order valence-electron chi connectivity index (χ3n) is 4.85. The van der Waals surface area contributed by atoms with E-state index in [1.807, 2.05) is 43.3 Å². The predicted molar refractivity (Wildman–Crippen MR) is 115 cm³/mol. The highest BCUT2D eigenvalue weighted by atomic mass is 28.4. The summed E-state index contributed by atoms with van der Waals surface area (Å²) >= 11 is 0. The third-order valence-corrected chi connectivity index (χ3v) is 9.01. The van der Waals surface area contributed by atoms with Gasteiger partial charge >= 0.3 is 0 Å². The summed E-state index contributed by atoms with van der Waals surface area (Å²) in [6, 6.07) is 24.6. The van der Waals surface area contributed by atoms with Crippen LogP contribution in [0.1, 0.15) is 6.92 Å². The number of hydrogen-bond acceptors (Lipinski definition) is 4. The first-order valence-electron chi connectivity index (χ1n) is 9.25. The van der Waals surface area contributed by atoms with Gasteiger partial charge in [-0.05, 0) is 58.9 Å². The van der Waals surface area contributed by atoms with Gasteiger partial charge in [0.05, 0.1) is 21.3 Å². The Morgan fingerprint density at radius 2 is 0.821 bits per heavy atom. The van der Waals surface area contributed by atoms with Crippen molar-refractivity contribution in [2.75, 3.05) is 27.9 Å². The fourth-order valence-electron chi connectivity index (χ4n) is 3.44. The van der Waals surface area contributed by atoms with Crippen LogP contribution in [0.25, 0.3) is 0 Å². The highest BCUT2D eigenvalue weighted by molar-refractivity contribution is 7.07. The van der Waals surface area contributed by atoms with Gasteiger partial charge in [0.2, 0.25) is 0 Å². The Morgan fingerprint density at radius 3 is 1.04 bits per heavy atom. The molecule has 0 unspecified atom stereocenters. The monoisotopic (exact) mass is 394 g/mol. The molecule has 3 rings (SSSR count). The van der Waals surface area contributed by atoms with E-state index in [-0.39, 0.29) is 0 Å². The van der Waals surface area contributed by atoms with Crippen LogP contribution in [0.3, 0.4) is 0 Å². The van der Waals surface area contributed by atoms with Crippen molar-refractivity contribution in [3.05, 3.63) is 72.8 Å². The molecule has 0 N–H and O–H groups in total. The Labute approximate surface area is 167 Å². The van der Waals surface area contributed by atoms with Crippen LogP contribution < -0.4 is 29.8 Å². The van der Waals surface area contributed by atoms with Gasteiger partial charge in [-0.2, -0.15) is 0 Å². The smallest absolute Gasteiger partial charge is 0.288 e. The molecule has 5 heteroatoms. The summed E-state index contributed by atoms with van der Waals surface area (Å²) < 4.78 is 22.7. The zero-order valence-electron chi connectivity index (χ0n) is 16.8. The molecule has 0 amide bonds. The molecule has 0 atom stereocenters. The molecule has 0 aliphatic heterocycles. The van der Waals surface area contributed by atoms with Crippen molar-refractivity contribution in [2.24, 2.45) is 0 Å². The number of rotatable bonds is 8. The van der Waals surface area contributed by atoms with E-state index < -0.39 is 8.32 Å². The van der Waals surface area contributed by atoms with Crippen LogP contribution in [0.5, 0.6) is 17.2 Å². The van der Waals surface area contributed by atoms with Crippen molar-refractivity contribution >= 4 is 23.9 Å². The molecule has 3 aromatic rings. The molecule has 0 aliphatic carbocycles. The molecule has 146 valence electrons. The van der Waals surface area contributed by atoms with Crippen molar-refractivity contribution < 1.29 is 18.6 Å². The van der Waals surface area contributed by atoms with Crippen LogP contribution in [-0.4, -0.2) is 36.3 Å². The van der Waals surface area contributed by atoms with Gasteiger partial charge in [-0.1, -0.05) is 36.4 Å². The molecule has 4 nitrogen and oxygen atoms in total. The van der Waals surface area contributed by atoms with Crippen molar-refractivity contribution in [3.8, 4) is 17.2 Å². The summed E-state index contributed by atoms with van der Waals surface area (Å²) in [5.74, 6) is 2.48. The quantitative estimate of drug-likeness (QED) is 0.435. The first kappa shape index (κ1) is 20.0. The average molecular weight is 395 g/mol. The minimum atomic E-state index is -2.70. The van der Waals surface area contributed by atoms with Crippen LogP contribution >= 0.6 is 0 Å². The summed E-state index contributed by atoms with van der Waals surface area (Å²) in [7, 11) is 2.33. The number of hydrogen-bond donors (Lipinski definition) is 0. The van der Waals surface area contributed by atoms with E-state index in [2.05, 4.69) is 36.4 Å². The molecule has 0 bridgehead atoms. The van der Waals surface area contributed by atoms with Crippen LogP contribution in [-0.2, 0) is 4.43 Å². The fraction of sp³-hybridized carbons (Fsp3) is 0.217. The SMILES string of the molecule is CCO[Si](c1ccc(OC)cc1)(c1ccc(OC)cc1)c1ccc(OC)cc1. The maximum atomic E-state index is 6.62. The summed E-state index contributed by atoms with van der Waals surface area (Å²) in [5.41, 5.74) is 0. The van der Waals surface area contributed by atoms with Crippen molar-refractivity contribution in [3.63, 3.8) is 0 Å². The van der Waals surface area contributed by atoms with Gasteiger partial charge in [-0.3, -0.25) is 0 Å². The van der Waals surface area contributed by atoms with Gasteiger partial charge in [0, 0.05) is 6.61 Å². The lowest BCUT2D eigenvalue weighted by molar-refractivity contribution is 0.347. The fourth-order valence-corrected chi connectivity index (χ4v) is 7.28.